The van der Waals surface area contributed by atoms with E-state index in [2.05, 4.69) is 0 Å². The first-order chi connectivity index (χ1) is 8.13. The third-order valence-electron chi connectivity index (χ3n) is 2.88. The minimum atomic E-state index is -0.614. The highest BCUT2D eigenvalue weighted by Crippen LogP contribution is 2.33. The van der Waals surface area contributed by atoms with Crippen LogP contribution in [0.2, 0.25) is 0 Å². The van der Waals surface area contributed by atoms with E-state index >= 15 is 0 Å². The van der Waals surface area contributed by atoms with Crippen molar-refractivity contribution in [3.63, 3.8) is 0 Å². The minimum Gasteiger partial charge on any atom is -0.496 e. The maximum atomic E-state index is 10.4. The highest BCUT2D eigenvalue weighted by Gasteiger charge is 2.17. The van der Waals surface area contributed by atoms with Crippen molar-refractivity contribution in [2.75, 3.05) is 7.11 Å². The Hall–Kier alpha value is -1.32. The zero-order valence-corrected chi connectivity index (χ0v) is 11.0. The number of ether oxygens (including phenoxy) is 1. The Bertz CT molecular complexity index is 517. The first-order valence-electron chi connectivity index (χ1n) is 5.50. The number of hydrogen-bond acceptors (Lipinski definition) is 3. The van der Waals surface area contributed by atoms with E-state index in [1.54, 1.807) is 18.4 Å². The molecule has 0 bridgehead atoms. The van der Waals surface area contributed by atoms with Crippen LogP contribution in [0.3, 0.4) is 0 Å². The van der Waals surface area contributed by atoms with Gasteiger partial charge in [-0.05, 0) is 42.5 Å². The molecule has 0 saturated carbocycles. The van der Waals surface area contributed by atoms with Crippen LogP contribution in [-0.4, -0.2) is 12.2 Å². The Kier molecular flexibility index (Phi) is 3.50. The van der Waals surface area contributed by atoms with Crippen LogP contribution in [0.25, 0.3) is 0 Å². The molecule has 1 heterocycles. The zero-order chi connectivity index (χ0) is 12.4. The molecule has 0 aliphatic heterocycles. The lowest BCUT2D eigenvalue weighted by Gasteiger charge is -2.15. The molecule has 0 aliphatic rings. The molecular formula is C14H16O2S. The Morgan fingerprint density at radius 1 is 1.18 bits per heavy atom. The van der Waals surface area contributed by atoms with Crippen molar-refractivity contribution in [2.24, 2.45) is 0 Å². The first-order valence-corrected chi connectivity index (χ1v) is 6.38. The quantitative estimate of drug-likeness (QED) is 0.901. The van der Waals surface area contributed by atoms with E-state index in [9.17, 15) is 5.11 Å². The van der Waals surface area contributed by atoms with Crippen molar-refractivity contribution >= 4 is 11.3 Å². The molecule has 90 valence electrons. The lowest BCUT2D eigenvalue weighted by atomic mass is 10.0. The predicted molar refractivity (Wildman–Crippen MR) is 70.8 cm³/mol. The van der Waals surface area contributed by atoms with Crippen LogP contribution >= 0.6 is 11.3 Å². The number of benzene rings is 1. The van der Waals surface area contributed by atoms with Crippen LogP contribution in [0.5, 0.6) is 5.75 Å². The van der Waals surface area contributed by atoms with Crippen molar-refractivity contribution < 1.29 is 9.84 Å². The minimum absolute atomic E-state index is 0.614. The lowest BCUT2D eigenvalue weighted by molar-refractivity contribution is 0.214. The van der Waals surface area contributed by atoms with Crippen molar-refractivity contribution in [1.29, 1.82) is 0 Å². The third kappa shape index (κ3) is 2.35. The molecular weight excluding hydrogens is 232 g/mol. The summed E-state index contributed by atoms with van der Waals surface area (Å²) in [6.45, 7) is 4.03. The number of thiophene rings is 1. The Morgan fingerprint density at radius 2 is 1.94 bits per heavy atom. The summed E-state index contributed by atoms with van der Waals surface area (Å²) in [7, 11) is 1.63. The number of aryl methyl sites for hydroxylation is 2. The van der Waals surface area contributed by atoms with E-state index in [4.69, 9.17) is 4.74 Å². The van der Waals surface area contributed by atoms with Gasteiger partial charge in [0.25, 0.3) is 0 Å². The molecule has 0 radical (unpaired) electrons. The summed E-state index contributed by atoms with van der Waals surface area (Å²) in [4.78, 5) is 1.14. The summed E-state index contributed by atoms with van der Waals surface area (Å²) in [5, 5.41) is 12.4. The number of methoxy groups -OCH3 is 1. The summed E-state index contributed by atoms with van der Waals surface area (Å²) in [6, 6.07) is 7.82. The average molecular weight is 248 g/mol. The maximum absolute atomic E-state index is 10.4. The molecule has 0 spiro atoms. The number of rotatable bonds is 3. The number of aliphatic hydroxyl groups is 1. The molecule has 0 fully saturated rings. The van der Waals surface area contributed by atoms with Gasteiger partial charge in [-0.25, -0.2) is 0 Å². The summed E-state index contributed by atoms with van der Waals surface area (Å²) < 4.78 is 5.33. The zero-order valence-electron chi connectivity index (χ0n) is 10.2. The van der Waals surface area contributed by atoms with E-state index < -0.39 is 6.10 Å². The fraction of sp³-hybridized carbons (Fsp3) is 0.286. The number of hydrogen-bond donors (Lipinski definition) is 1. The van der Waals surface area contributed by atoms with Gasteiger partial charge in [0.1, 0.15) is 11.9 Å². The van der Waals surface area contributed by atoms with Crippen molar-refractivity contribution in [2.45, 2.75) is 20.0 Å². The average Bonchev–Trinajstić information content (AvgIpc) is 2.74. The Morgan fingerprint density at radius 3 is 2.53 bits per heavy atom. The van der Waals surface area contributed by atoms with Gasteiger partial charge in [0.2, 0.25) is 0 Å². The molecule has 1 aromatic carbocycles. The van der Waals surface area contributed by atoms with Crippen LogP contribution in [0.1, 0.15) is 27.7 Å². The van der Waals surface area contributed by atoms with Crippen molar-refractivity contribution in [1.82, 2.24) is 0 Å². The highest BCUT2D eigenvalue weighted by atomic mass is 32.1. The van der Waals surface area contributed by atoms with Crippen LogP contribution in [-0.2, 0) is 0 Å². The molecule has 0 amide bonds. The second kappa shape index (κ2) is 4.90. The summed E-state index contributed by atoms with van der Waals surface area (Å²) >= 11 is 1.64. The molecule has 17 heavy (non-hydrogen) atoms. The smallest absolute Gasteiger partial charge is 0.125 e. The van der Waals surface area contributed by atoms with Gasteiger partial charge >= 0.3 is 0 Å². The Balaban J connectivity index is 2.44. The van der Waals surface area contributed by atoms with Gasteiger partial charge in [-0.3, -0.25) is 0 Å². The van der Waals surface area contributed by atoms with Gasteiger partial charge in [-0.15, -0.1) is 11.3 Å². The summed E-state index contributed by atoms with van der Waals surface area (Å²) in [5.74, 6) is 0.739. The van der Waals surface area contributed by atoms with Crippen LogP contribution < -0.4 is 4.74 Å². The number of aliphatic hydroxyl groups excluding tert-OH is 1. The standard InChI is InChI=1S/C14H16O2S/c1-9-4-5-12(13(8-9)16-3)14(15)11-6-7-17-10(11)2/h4-8,14-15H,1-3H3. The van der Waals surface area contributed by atoms with Gasteiger partial charge in [0, 0.05) is 10.4 Å². The van der Waals surface area contributed by atoms with Gasteiger partial charge < -0.3 is 9.84 Å². The second-order valence-electron chi connectivity index (χ2n) is 4.08. The van der Waals surface area contributed by atoms with Crippen LogP contribution in [0.15, 0.2) is 29.6 Å². The molecule has 2 rings (SSSR count). The SMILES string of the molecule is COc1cc(C)ccc1C(O)c1ccsc1C. The third-order valence-corrected chi connectivity index (χ3v) is 3.74. The van der Waals surface area contributed by atoms with E-state index in [-0.39, 0.29) is 0 Å². The molecule has 1 N–H and O–H groups in total. The van der Waals surface area contributed by atoms with Crippen molar-refractivity contribution in [3.05, 3.63) is 51.2 Å². The molecule has 0 saturated heterocycles. The van der Waals surface area contributed by atoms with Crippen molar-refractivity contribution in [3.8, 4) is 5.75 Å². The fourth-order valence-corrected chi connectivity index (χ4v) is 2.62. The summed E-state index contributed by atoms with van der Waals surface area (Å²) in [6.07, 6.45) is -0.614. The molecule has 1 unspecified atom stereocenters. The maximum Gasteiger partial charge on any atom is 0.125 e. The topological polar surface area (TPSA) is 29.5 Å². The van der Waals surface area contributed by atoms with Gasteiger partial charge in [0.05, 0.1) is 7.11 Å². The summed E-state index contributed by atoms with van der Waals surface area (Å²) in [5.41, 5.74) is 2.90. The monoisotopic (exact) mass is 248 g/mol. The lowest BCUT2D eigenvalue weighted by Crippen LogP contribution is -2.02. The molecule has 0 aliphatic carbocycles. The molecule has 2 nitrogen and oxygen atoms in total. The first kappa shape index (κ1) is 12.1. The van der Waals surface area contributed by atoms with E-state index in [0.29, 0.717) is 0 Å². The van der Waals surface area contributed by atoms with Gasteiger partial charge in [0.15, 0.2) is 0 Å². The molecule has 1 atom stereocenters. The van der Waals surface area contributed by atoms with Crippen LogP contribution in [0.4, 0.5) is 0 Å². The van der Waals surface area contributed by atoms with E-state index in [1.807, 2.05) is 43.5 Å². The Labute approximate surface area is 105 Å². The second-order valence-corrected chi connectivity index (χ2v) is 5.20. The fourth-order valence-electron chi connectivity index (χ4n) is 1.89. The van der Waals surface area contributed by atoms with Crippen LogP contribution in [0, 0.1) is 13.8 Å². The van der Waals surface area contributed by atoms with Gasteiger partial charge in [-0.2, -0.15) is 0 Å². The molecule has 1 aromatic heterocycles. The predicted octanol–water partition coefficient (Wildman–Crippen LogP) is 3.46. The largest absolute Gasteiger partial charge is 0.496 e. The molecule has 2 aromatic rings. The van der Waals surface area contributed by atoms with E-state index in [0.717, 1.165) is 27.3 Å². The normalized spacial score (nSPS) is 12.5. The van der Waals surface area contributed by atoms with E-state index in [1.165, 1.54) is 0 Å². The highest BCUT2D eigenvalue weighted by molar-refractivity contribution is 7.10. The van der Waals surface area contributed by atoms with Gasteiger partial charge in [-0.1, -0.05) is 12.1 Å². The molecule has 3 heteroatoms.